The van der Waals surface area contributed by atoms with Gasteiger partial charge < -0.3 is 14.6 Å². The standard InChI is InChI=1S/C21H21N3O3/c1-14-17-6-2-3-7-18(17)27-19(14)21(26)24-11-8-16(9-12-24)23-20(25)15-5-4-10-22-13-15/h2-7,10,13,16H,8-9,11-12H2,1H3,(H,23,25). The number of nitrogens with one attached hydrogen (secondary N) is 1. The van der Waals surface area contributed by atoms with Crippen molar-refractivity contribution in [1.82, 2.24) is 15.2 Å². The zero-order chi connectivity index (χ0) is 18.8. The summed E-state index contributed by atoms with van der Waals surface area (Å²) in [6.07, 6.45) is 4.63. The molecule has 27 heavy (non-hydrogen) atoms. The van der Waals surface area contributed by atoms with E-state index in [2.05, 4.69) is 10.3 Å². The van der Waals surface area contributed by atoms with Crippen LogP contribution in [0.2, 0.25) is 0 Å². The van der Waals surface area contributed by atoms with Crippen LogP contribution in [0.25, 0.3) is 11.0 Å². The number of aryl methyl sites for hydroxylation is 1. The minimum absolute atomic E-state index is 0.0542. The second-order valence-corrected chi connectivity index (χ2v) is 6.83. The van der Waals surface area contributed by atoms with Crippen LogP contribution in [-0.4, -0.2) is 40.8 Å². The van der Waals surface area contributed by atoms with Crippen molar-refractivity contribution in [2.24, 2.45) is 0 Å². The van der Waals surface area contributed by atoms with Gasteiger partial charge in [-0.3, -0.25) is 14.6 Å². The van der Waals surface area contributed by atoms with Gasteiger partial charge in [0.1, 0.15) is 5.58 Å². The lowest BCUT2D eigenvalue weighted by Gasteiger charge is -2.32. The summed E-state index contributed by atoms with van der Waals surface area (Å²) in [6.45, 7) is 3.10. The normalized spacial score (nSPS) is 15.1. The lowest BCUT2D eigenvalue weighted by atomic mass is 10.0. The molecule has 1 aromatic carbocycles. The van der Waals surface area contributed by atoms with Crippen molar-refractivity contribution in [2.75, 3.05) is 13.1 Å². The molecule has 3 aromatic rings. The largest absolute Gasteiger partial charge is 0.451 e. The molecule has 0 atom stereocenters. The molecule has 4 rings (SSSR count). The van der Waals surface area contributed by atoms with E-state index in [-0.39, 0.29) is 17.9 Å². The number of benzene rings is 1. The molecule has 1 N–H and O–H groups in total. The van der Waals surface area contributed by atoms with E-state index in [4.69, 9.17) is 4.42 Å². The van der Waals surface area contributed by atoms with E-state index >= 15 is 0 Å². The molecule has 2 amide bonds. The van der Waals surface area contributed by atoms with Crippen LogP contribution in [0.15, 0.2) is 53.2 Å². The summed E-state index contributed by atoms with van der Waals surface area (Å²) in [5, 5.41) is 4.00. The van der Waals surface area contributed by atoms with E-state index in [0.717, 1.165) is 29.4 Å². The quantitative estimate of drug-likeness (QED) is 0.775. The molecule has 0 unspecified atom stereocenters. The van der Waals surface area contributed by atoms with Crippen molar-refractivity contribution in [3.63, 3.8) is 0 Å². The van der Waals surface area contributed by atoms with Crippen LogP contribution < -0.4 is 5.32 Å². The van der Waals surface area contributed by atoms with E-state index in [9.17, 15) is 9.59 Å². The second-order valence-electron chi connectivity index (χ2n) is 6.83. The monoisotopic (exact) mass is 363 g/mol. The number of hydrogen-bond donors (Lipinski definition) is 1. The molecule has 0 spiro atoms. The van der Waals surface area contributed by atoms with Crippen molar-refractivity contribution in [3.8, 4) is 0 Å². The number of furan rings is 1. The molecule has 1 saturated heterocycles. The summed E-state index contributed by atoms with van der Waals surface area (Å²) < 4.78 is 5.80. The molecule has 0 radical (unpaired) electrons. The summed E-state index contributed by atoms with van der Waals surface area (Å²) in [6, 6.07) is 11.2. The molecule has 0 bridgehead atoms. The number of fused-ring (bicyclic) bond motifs is 1. The number of likely N-dealkylation sites (tertiary alicyclic amines) is 1. The smallest absolute Gasteiger partial charge is 0.289 e. The van der Waals surface area contributed by atoms with Gasteiger partial charge in [-0.1, -0.05) is 18.2 Å². The molecule has 138 valence electrons. The first-order chi connectivity index (χ1) is 13.1. The van der Waals surface area contributed by atoms with Crippen LogP contribution >= 0.6 is 0 Å². The Kier molecular flexibility index (Phi) is 4.62. The van der Waals surface area contributed by atoms with Crippen LogP contribution in [0.3, 0.4) is 0 Å². The van der Waals surface area contributed by atoms with E-state index < -0.39 is 0 Å². The van der Waals surface area contributed by atoms with Crippen LogP contribution in [0.4, 0.5) is 0 Å². The third kappa shape index (κ3) is 3.43. The Morgan fingerprint density at radius 2 is 1.93 bits per heavy atom. The molecule has 0 saturated carbocycles. The van der Waals surface area contributed by atoms with Gasteiger partial charge >= 0.3 is 0 Å². The number of aromatic nitrogens is 1. The minimum Gasteiger partial charge on any atom is -0.451 e. The van der Waals surface area contributed by atoms with E-state index in [0.29, 0.717) is 24.4 Å². The molecule has 1 aliphatic heterocycles. The Bertz CT molecular complexity index is 973. The summed E-state index contributed by atoms with van der Waals surface area (Å²) >= 11 is 0. The molecule has 6 nitrogen and oxygen atoms in total. The van der Waals surface area contributed by atoms with Crippen LogP contribution in [-0.2, 0) is 0 Å². The fourth-order valence-electron chi connectivity index (χ4n) is 3.51. The maximum atomic E-state index is 12.9. The predicted octanol–water partition coefficient (Wildman–Crippen LogP) is 3.17. The molecule has 0 aliphatic carbocycles. The van der Waals surface area contributed by atoms with Gasteiger partial charge in [0.05, 0.1) is 5.56 Å². The zero-order valence-electron chi connectivity index (χ0n) is 15.1. The lowest BCUT2D eigenvalue weighted by Crippen LogP contribution is -2.46. The fourth-order valence-corrected chi connectivity index (χ4v) is 3.51. The van der Waals surface area contributed by atoms with Crippen molar-refractivity contribution in [1.29, 1.82) is 0 Å². The van der Waals surface area contributed by atoms with Crippen LogP contribution in [0.1, 0.15) is 39.3 Å². The highest BCUT2D eigenvalue weighted by molar-refractivity contribution is 5.99. The number of carbonyl (C=O) groups excluding carboxylic acids is 2. The van der Waals surface area contributed by atoms with Crippen molar-refractivity contribution < 1.29 is 14.0 Å². The Hall–Kier alpha value is -3.15. The van der Waals surface area contributed by atoms with E-state index in [1.807, 2.05) is 31.2 Å². The number of para-hydroxylation sites is 1. The number of hydrogen-bond acceptors (Lipinski definition) is 4. The zero-order valence-corrected chi connectivity index (χ0v) is 15.1. The third-order valence-electron chi connectivity index (χ3n) is 5.08. The van der Waals surface area contributed by atoms with Gasteiger partial charge in [0.2, 0.25) is 0 Å². The molecule has 1 aliphatic rings. The Morgan fingerprint density at radius 3 is 2.63 bits per heavy atom. The maximum Gasteiger partial charge on any atom is 0.289 e. The first-order valence-corrected chi connectivity index (χ1v) is 9.12. The number of carbonyl (C=O) groups is 2. The van der Waals surface area contributed by atoms with E-state index in [1.165, 1.54) is 0 Å². The second kappa shape index (κ2) is 7.23. The lowest BCUT2D eigenvalue weighted by molar-refractivity contribution is 0.0668. The van der Waals surface area contributed by atoms with Crippen molar-refractivity contribution >= 4 is 22.8 Å². The molecule has 1 fully saturated rings. The van der Waals surface area contributed by atoms with Gasteiger partial charge in [0.25, 0.3) is 11.8 Å². The van der Waals surface area contributed by atoms with Gasteiger partial charge in [0, 0.05) is 42.5 Å². The van der Waals surface area contributed by atoms with Gasteiger partial charge in [-0.25, -0.2) is 0 Å². The summed E-state index contributed by atoms with van der Waals surface area (Å²) in [4.78, 5) is 30.9. The van der Waals surface area contributed by atoms with Crippen molar-refractivity contribution in [3.05, 3.63) is 65.7 Å². The highest BCUT2D eigenvalue weighted by Gasteiger charge is 2.28. The van der Waals surface area contributed by atoms with Crippen molar-refractivity contribution in [2.45, 2.75) is 25.8 Å². The maximum absolute atomic E-state index is 12.9. The first-order valence-electron chi connectivity index (χ1n) is 9.12. The first kappa shape index (κ1) is 17.3. The highest BCUT2D eigenvalue weighted by atomic mass is 16.3. The molecule has 2 aromatic heterocycles. The van der Waals surface area contributed by atoms with E-state index in [1.54, 1.807) is 29.4 Å². The fraction of sp³-hybridized carbons (Fsp3) is 0.286. The molecule has 6 heteroatoms. The van der Waals surface area contributed by atoms with Gasteiger partial charge in [0.15, 0.2) is 5.76 Å². The Balaban J connectivity index is 1.39. The minimum atomic E-state index is -0.124. The summed E-state index contributed by atoms with van der Waals surface area (Å²) in [5.74, 6) is 0.204. The number of rotatable bonds is 3. The summed E-state index contributed by atoms with van der Waals surface area (Å²) in [5.41, 5.74) is 2.16. The number of amides is 2. The highest BCUT2D eigenvalue weighted by Crippen LogP contribution is 2.26. The summed E-state index contributed by atoms with van der Waals surface area (Å²) in [7, 11) is 0. The number of piperidine rings is 1. The van der Waals surface area contributed by atoms with Gasteiger partial charge in [-0.05, 0) is 38.0 Å². The van der Waals surface area contributed by atoms with Gasteiger partial charge in [-0.2, -0.15) is 0 Å². The van der Waals surface area contributed by atoms with Crippen LogP contribution in [0.5, 0.6) is 0 Å². The topological polar surface area (TPSA) is 75.4 Å². The molecular formula is C21H21N3O3. The number of pyridine rings is 1. The van der Waals surface area contributed by atoms with Gasteiger partial charge in [-0.15, -0.1) is 0 Å². The Morgan fingerprint density at radius 1 is 1.15 bits per heavy atom. The average Bonchev–Trinajstić information content (AvgIpc) is 3.05. The number of nitrogens with zero attached hydrogens (tertiary/aromatic N) is 2. The molecular weight excluding hydrogens is 342 g/mol. The molecule has 3 heterocycles. The van der Waals surface area contributed by atoms with Crippen LogP contribution in [0, 0.1) is 6.92 Å². The third-order valence-corrected chi connectivity index (χ3v) is 5.08. The Labute approximate surface area is 157 Å². The SMILES string of the molecule is Cc1c(C(=O)N2CCC(NC(=O)c3cccnc3)CC2)oc2ccccc12. The predicted molar refractivity (Wildman–Crippen MR) is 102 cm³/mol. The average molecular weight is 363 g/mol.